The largest absolute Gasteiger partial charge is 0.493 e. The standard InChI is InChI=1S/C29H60N2O12Si3.2CH2O/c1-11-36-28(34)23-27(29(35)37-12-2)31-19-21-46(40-15-5,41-16-6)43-44(9,10)42-45(38-13-3,39-14-4)20-17-18-30-26(25(8)33)22-24(7)32;2*1-2/h26-27,30-31H,11-23H2,1-10H3;2*1H2. The summed E-state index contributed by atoms with van der Waals surface area (Å²) >= 11 is 0. The lowest BCUT2D eigenvalue weighted by atomic mass is 10.1. The molecule has 0 rings (SSSR count). The summed E-state index contributed by atoms with van der Waals surface area (Å²) in [5, 5.41) is 6.28. The first-order chi connectivity index (χ1) is 23.7. The summed E-state index contributed by atoms with van der Waals surface area (Å²) in [5.41, 5.74) is 0. The highest BCUT2D eigenvalue weighted by Gasteiger charge is 2.52. The normalized spacial score (nSPS) is 12.8. The summed E-state index contributed by atoms with van der Waals surface area (Å²) in [6.45, 7) is 24.0. The van der Waals surface area contributed by atoms with Crippen molar-refractivity contribution in [1.29, 1.82) is 0 Å². The zero-order chi connectivity index (χ0) is 39.2. The lowest BCUT2D eigenvalue weighted by molar-refractivity contribution is -0.152. The molecule has 0 heterocycles. The molecule has 0 spiro atoms. The second-order valence-electron chi connectivity index (χ2n) is 10.8. The number of hydrogen-bond acceptors (Lipinski definition) is 16. The molecule has 294 valence electrons. The van der Waals surface area contributed by atoms with E-state index < -0.39 is 50.2 Å². The van der Waals surface area contributed by atoms with Crippen LogP contribution in [0.3, 0.4) is 0 Å². The van der Waals surface area contributed by atoms with Gasteiger partial charge in [-0.15, -0.1) is 0 Å². The Hall–Kier alpha value is -2.05. The fourth-order valence-corrected chi connectivity index (χ4v) is 16.6. The van der Waals surface area contributed by atoms with Gasteiger partial charge in [0, 0.05) is 51.5 Å². The van der Waals surface area contributed by atoms with Crippen molar-refractivity contribution in [2.45, 2.75) is 112 Å². The van der Waals surface area contributed by atoms with Crippen LogP contribution >= 0.6 is 0 Å². The van der Waals surface area contributed by atoms with Crippen LogP contribution < -0.4 is 10.6 Å². The molecule has 0 aliphatic rings. The molecule has 19 heteroatoms. The molecule has 16 nitrogen and oxygen atoms in total. The predicted octanol–water partition coefficient (Wildman–Crippen LogP) is 2.77. The highest BCUT2D eigenvalue weighted by Crippen LogP contribution is 2.28. The zero-order valence-electron chi connectivity index (χ0n) is 32.0. The molecule has 0 aliphatic heterocycles. The molecule has 0 amide bonds. The topological polar surface area (TPSA) is 200 Å². The Morgan fingerprint density at radius 2 is 1.04 bits per heavy atom. The van der Waals surface area contributed by atoms with Gasteiger partial charge in [-0.2, -0.15) is 0 Å². The summed E-state index contributed by atoms with van der Waals surface area (Å²) in [4.78, 5) is 64.3. The molecule has 2 unspecified atom stereocenters. The molecule has 50 heavy (non-hydrogen) atoms. The monoisotopic (exact) mass is 772 g/mol. The van der Waals surface area contributed by atoms with Gasteiger partial charge in [-0.3, -0.25) is 19.2 Å². The summed E-state index contributed by atoms with van der Waals surface area (Å²) in [6, 6.07) is -0.697. The van der Waals surface area contributed by atoms with E-state index in [4.69, 9.17) is 45.0 Å². The lowest BCUT2D eigenvalue weighted by Crippen LogP contribution is -2.61. The van der Waals surface area contributed by atoms with Gasteiger partial charge in [-0.25, -0.2) is 0 Å². The Kier molecular flexibility index (Phi) is 32.0. The number of carbonyl (C=O) groups is 6. The maximum absolute atomic E-state index is 12.6. The van der Waals surface area contributed by atoms with Crippen LogP contribution in [0.15, 0.2) is 0 Å². The highest BCUT2D eigenvalue weighted by molar-refractivity contribution is 6.82. The van der Waals surface area contributed by atoms with Crippen molar-refractivity contribution in [3.05, 3.63) is 0 Å². The first-order valence-corrected chi connectivity index (χ1v) is 23.7. The maximum Gasteiger partial charge on any atom is 0.493 e. The second kappa shape index (κ2) is 30.6. The van der Waals surface area contributed by atoms with Gasteiger partial charge in [-0.1, -0.05) is 0 Å². The third-order valence-electron chi connectivity index (χ3n) is 6.36. The van der Waals surface area contributed by atoms with Crippen LogP contribution in [0.5, 0.6) is 0 Å². The number of rotatable bonds is 29. The van der Waals surface area contributed by atoms with Gasteiger partial charge >= 0.3 is 38.1 Å². The van der Waals surface area contributed by atoms with Crippen LogP contribution in [0.2, 0.25) is 25.2 Å². The SMILES string of the molecule is C=O.C=O.CCOC(=O)CC(NCC[Si](OCC)(OCC)O[Si](C)(C)O[Si](CCCNC(CC(C)=O)C(C)=O)(OCC)OCC)C(=O)OCC. The summed E-state index contributed by atoms with van der Waals surface area (Å²) < 4.78 is 48.4. The van der Waals surface area contributed by atoms with Crippen molar-refractivity contribution in [2.24, 2.45) is 0 Å². The Bertz CT molecular complexity index is 934. The second-order valence-corrected chi connectivity index (χ2v) is 20.2. The molecule has 0 bridgehead atoms. The van der Waals surface area contributed by atoms with E-state index in [1.807, 2.05) is 54.4 Å². The molecule has 0 radical (unpaired) electrons. The van der Waals surface area contributed by atoms with Crippen molar-refractivity contribution in [2.75, 3.05) is 52.7 Å². The van der Waals surface area contributed by atoms with Crippen LogP contribution in [-0.2, 0) is 64.2 Å². The number of Topliss-reactive ketones (excluding diaryl/α,β-unsaturated/α-hetero) is 2. The van der Waals surface area contributed by atoms with Gasteiger partial charge in [0.25, 0.3) is 0 Å². The molecule has 0 aromatic carbocycles. The van der Waals surface area contributed by atoms with E-state index in [-0.39, 0.29) is 50.2 Å². The molecule has 0 aromatic heterocycles. The summed E-state index contributed by atoms with van der Waals surface area (Å²) in [6.07, 6.45) is 0.540. The van der Waals surface area contributed by atoms with E-state index >= 15 is 0 Å². The minimum atomic E-state index is -3.40. The van der Waals surface area contributed by atoms with Crippen LogP contribution in [0.1, 0.15) is 74.7 Å². The summed E-state index contributed by atoms with van der Waals surface area (Å²) in [7, 11) is -9.76. The molecular formula is C31H64N2O14Si3. The van der Waals surface area contributed by atoms with E-state index in [0.29, 0.717) is 45.4 Å². The smallest absolute Gasteiger partial charge is 0.466 e. The minimum Gasteiger partial charge on any atom is -0.466 e. The number of carbonyl (C=O) groups excluding carboxylic acids is 6. The molecule has 0 saturated carbocycles. The number of ether oxygens (including phenoxy) is 2. The highest BCUT2D eigenvalue weighted by atomic mass is 28.5. The Balaban J connectivity index is -0.00000531. The number of hydrogen-bond donors (Lipinski definition) is 2. The average molecular weight is 773 g/mol. The Labute approximate surface area is 302 Å². The van der Waals surface area contributed by atoms with Gasteiger partial charge in [0.15, 0.2) is 0 Å². The third kappa shape index (κ3) is 23.4. The summed E-state index contributed by atoms with van der Waals surface area (Å²) in [5.74, 6) is -1.22. The van der Waals surface area contributed by atoms with Crippen LogP contribution in [0.4, 0.5) is 0 Å². The van der Waals surface area contributed by atoms with E-state index in [1.165, 1.54) is 13.8 Å². The van der Waals surface area contributed by atoms with Crippen molar-refractivity contribution in [3.8, 4) is 0 Å². The zero-order valence-corrected chi connectivity index (χ0v) is 35.0. The Morgan fingerprint density at radius 3 is 1.44 bits per heavy atom. The number of esters is 2. The van der Waals surface area contributed by atoms with Gasteiger partial charge in [0.05, 0.1) is 25.7 Å². The maximum atomic E-state index is 12.6. The van der Waals surface area contributed by atoms with Crippen molar-refractivity contribution >= 4 is 63.3 Å². The van der Waals surface area contributed by atoms with Crippen LogP contribution in [0, 0.1) is 0 Å². The van der Waals surface area contributed by atoms with Crippen LogP contribution in [-0.4, -0.2) is 128 Å². The number of ketones is 2. The molecule has 0 saturated heterocycles. The molecular weight excluding hydrogens is 709 g/mol. The molecule has 0 aliphatic carbocycles. The van der Waals surface area contributed by atoms with E-state index in [2.05, 4.69) is 10.6 Å². The predicted molar refractivity (Wildman–Crippen MR) is 194 cm³/mol. The van der Waals surface area contributed by atoms with E-state index in [1.54, 1.807) is 13.8 Å². The quantitative estimate of drug-likeness (QED) is 0.0638. The van der Waals surface area contributed by atoms with Crippen molar-refractivity contribution in [1.82, 2.24) is 10.6 Å². The minimum absolute atomic E-state index is 0.0601. The average Bonchev–Trinajstić information content (AvgIpc) is 3.04. The Morgan fingerprint density at radius 1 is 0.600 bits per heavy atom. The van der Waals surface area contributed by atoms with Crippen molar-refractivity contribution < 1.29 is 64.2 Å². The van der Waals surface area contributed by atoms with Crippen LogP contribution in [0.25, 0.3) is 0 Å². The molecule has 2 N–H and O–H groups in total. The third-order valence-corrected chi connectivity index (χ3v) is 17.5. The molecule has 0 aromatic rings. The van der Waals surface area contributed by atoms with Crippen molar-refractivity contribution in [3.63, 3.8) is 0 Å². The van der Waals surface area contributed by atoms with Gasteiger partial charge in [0.1, 0.15) is 31.2 Å². The van der Waals surface area contributed by atoms with Gasteiger partial charge in [0.2, 0.25) is 0 Å². The van der Waals surface area contributed by atoms with Gasteiger partial charge in [-0.05, 0) is 81.4 Å². The lowest BCUT2D eigenvalue weighted by Gasteiger charge is -2.40. The molecule has 2 atom stereocenters. The van der Waals surface area contributed by atoms with E-state index in [9.17, 15) is 19.2 Å². The van der Waals surface area contributed by atoms with E-state index in [0.717, 1.165) is 0 Å². The fraction of sp³-hybridized carbons (Fsp3) is 0.806. The first kappa shape index (κ1) is 52.3. The van der Waals surface area contributed by atoms with Gasteiger partial charge < -0.3 is 55.6 Å². The molecule has 0 fully saturated rings. The number of nitrogens with one attached hydrogen (secondary N) is 2. The fourth-order valence-electron chi connectivity index (χ4n) is 4.74. The first-order valence-electron chi connectivity index (χ1n) is 17.0.